The largest absolute Gasteiger partial charge is 0.478 e. The van der Waals surface area contributed by atoms with E-state index in [0.717, 1.165) is 28.6 Å². The summed E-state index contributed by atoms with van der Waals surface area (Å²) < 4.78 is 5.33. The molecule has 124 valence electrons. The SMILES string of the molecule is Cc1cc(-c2csc(NC(=O)c3snnc3C)c2C(=O)O)n(C)n1. The molecule has 0 aliphatic rings. The van der Waals surface area contributed by atoms with Gasteiger partial charge in [-0.2, -0.15) is 5.10 Å². The molecule has 1 amide bonds. The number of carbonyl (C=O) groups is 2. The summed E-state index contributed by atoms with van der Waals surface area (Å²) in [6.07, 6.45) is 0. The van der Waals surface area contributed by atoms with Crippen molar-refractivity contribution in [3.05, 3.63) is 33.3 Å². The van der Waals surface area contributed by atoms with Gasteiger partial charge in [-0.1, -0.05) is 4.49 Å². The highest BCUT2D eigenvalue weighted by Crippen LogP contribution is 2.36. The Hall–Kier alpha value is -2.59. The van der Waals surface area contributed by atoms with Gasteiger partial charge in [0.05, 0.1) is 17.1 Å². The van der Waals surface area contributed by atoms with E-state index < -0.39 is 11.9 Å². The number of hydrogen-bond donors (Lipinski definition) is 2. The molecule has 0 saturated carbocycles. The lowest BCUT2D eigenvalue weighted by atomic mass is 10.1. The Morgan fingerprint density at radius 1 is 1.33 bits per heavy atom. The number of carboxylic acid groups (broad SMARTS) is 1. The number of rotatable bonds is 4. The maximum atomic E-state index is 12.3. The minimum absolute atomic E-state index is 0.0477. The number of aryl methyl sites for hydroxylation is 3. The third kappa shape index (κ3) is 2.81. The number of hydrogen-bond acceptors (Lipinski definition) is 7. The minimum atomic E-state index is -1.11. The Bertz CT molecular complexity index is 940. The third-order valence-corrected chi connectivity index (χ3v) is 5.09. The molecule has 2 N–H and O–H groups in total. The number of nitrogens with zero attached hydrogens (tertiary/aromatic N) is 4. The lowest BCUT2D eigenvalue weighted by molar-refractivity contribution is 0.0699. The van der Waals surface area contributed by atoms with Gasteiger partial charge in [0.1, 0.15) is 15.4 Å². The molecular formula is C14H13N5O3S2. The summed E-state index contributed by atoms with van der Waals surface area (Å²) in [7, 11) is 1.75. The van der Waals surface area contributed by atoms with Crippen LogP contribution >= 0.6 is 22.9 Å². The van der Waals surface area contributed by atoms with Crippen LogP contribution in [0.5, 0.6) is 0 Å². The van der Waals surface area contributed by atoms with Crippen LogP contribution in [-0.2, 0) is 7.05 Å². The van der Waals surface area contributed by atoms with E-state index in [9.17, 15) is 14.7 Å². The van der Waals surface area contributed by atoms with Crippen LogP contribution in [0.25, 0.3) is 11.3 Å². The molecule has 3 aromatic heterocycles. The molecular weight excluding hydrogens is 350 g/mol. The number of aromatic nitrogens is 4. The second-order valence-electron chi connectivity index (χ2n) is 5.09. The van der Waals surface area contributed by atoms with E-state index in [4.69, 9.17) is 0 Å². The molecule has 0 unspecified atom stereocenters. The smallest absolute Gasteiger partial charge is 0.339 e. The first-order chi connectivity index (χ1) is 11.4. The molecule has 0 radical (unpaired) electrons. The van der Waals surface area contributed by atoms with Gasteiger partial charge in [-0.25, -0.2) is 4.79 Å². The minimum Gasteiger partial charge on any atom is -0.478 e. The molecule has 3 rings (SSSR count). The summed E-state index contributed by atoms with van der Waals surface area (Å²) in [5.41, 5.74) is 2.54. The van der Waals surface area contributed by atoms with E-state index in [-0.39, 0.29) is 10.6 Å². The Kier molecular flexibility index (Phi) is 4.16. The summed E-state index contributed by atoms with van der Waals surface area (Å²) in [5, 5.41) is 22.2. The maximum absolute atomic E-state index is 12.3. The Balaban J connectivity index is 2.01. The average molecular weight is 363 g/mol. The lowest BCUT2D eigenvalue weighted by Gasteiger charge is -2.05. The second kappa shape index (κ2) is 6.13. The molecule has 0 spiro atoms. The van der Waals surface area contributed by atoms with Crippen molar-refractivity contribution in [1.29, 1.82) is 0 Å². The van der Waals surface area contributed by atoms with Crippen LogP contribution in [0.15, 0.2) is 11.4 Å². The molecule has 0 saturated heterocycles. The molecule has 3 aromatic rings. The summed E-state index contributed by atoms with van der Waals surface area (Å²) in [5.74, 6) is -1.53. The van der Waals surface area contributed by atoms with Crippen LogP contribution in [0.3, 0.4) is 0 Å². The topological polar surface area (TPSA) is 110 Å². The monoisotopic (exact) mass is 363 g/mol. The number of anilines is 1. The van der Waals surface area contributed by atoms with Gasteiger partial charge in [-0.3, -0.25) is 9.48 Å². The molecule has 0 fully saturated rings. The van der Waals surface area contributed by atoms with Crippen molar-refractivity contribution in [2.45, 2.75) is 13.8 Å². The molecule has 0 aliphatic carbocycles. The van der Waals surface area contributed by atoms with Gasteiger partial charge < -0.3 is 10.4 Å². The number of aromatic carboxylic acids is 1. The number of thiophene rings is 1. The predicted octanol–water partition coefficient (Wildman–Crippen LogP) is 2.57. The van der Waals surface area contributed by atoms with Crippen molar-refractivity contribution in [3.63, 3.8) is 0 Å². The summed E-state index contributed by atoms with van der Waals surface area (Å²) in [6, 6.07) is 1.80. The predicted molar refractivity (Wildman–Crippen MR) is 90.8 cm³/mol. The zero-order valence-electron chi connectivity index (χ0n) is 13.0. The van der Waals surface area contributed by atoms with Crippen molar-refractivity contribution in [3.8, 4) is 11.3 Å². The molecule has 0 aliphatic heterocycles. The summed E-state index contributed by atoms with van der Waals surface area (Å²) in [4.78, 5) is 24.4. The van der Waals surface area contributed by atoms with Gasteiger partial charge in [0, 0.05) is 18.0 Å². The normalized spacial score (nSPS) is 10.8. The second-order valence-corrected chi connectivity index (χ2v) is 6.73. The van der Waals surface area contributed by atoms with Gasteiger partial charge in [-0.15, -0.1) is 16.4 Å². The fraction of sp³-hybridized carbons (Fsp3) is 0.214. The van der Waals surface area contributed by atoms with Crippen LogP contribution in [0.2, 0.25) is 0 Å². The van der Waals surface area contributed by atoms with Crippen LogP contribution in [0.1, 0.15) is 31.4 Å². The zero-order valence-corrected chi connectivity index (χ0v) is 14.7. The Labute approximate surface area is 144 Å². The first kappa shape index (κ1) is 16.3. The quantitative estimate of drug-likeness (QED) is 0.737. The van der Waals surface area contributed by atoms with Crippen molar-refractivity contribution in [1.82, 2.24) is 19.4 Å². The average Bonchev–Trinajstić information content (AvgIpc) is 3.17. The fourth-order valence-electron chi connectivity index (χ4n) is 2.31. The standard InChI is InChI=1S/C14H13N5O3S2/c1-6-4-9(19(3)17-6)8-5-23-13(10(8)14(21)22)15-12(20)11-7(2)16-18-24-11/h4-5H,1-3H3,(H,15,20)(H,21,22). The van der Waals surface area contributed by atoms with Crippen molar-refractivity contribution in [2.75, 3.05) is 5.32 Å². The van der Waals surface area contributed by atoms with E-state index in [1.807, 2.05) is 6.92 Å². The first-order valence-corrected chi connectivity index (χ1v) is 8.50. The highest BCUT2D eigenvalue weighted by molar-refractivity contribution is 7.15. The molecule has 10 heteroatoms. The maximum Gasteiger partial charge on any atom is 0.339 e. The molecule has 24 heavy (non-hydrogen) atoms. The van der Waals surface area contributed by atoms with Crippen molar-refractivity contribution >= 4 is 39.7 Å². The van der Waals surface area contributed by atoms with Crippen LogP contribution in [-0.4, -0.2) is 36.4 Å². The van der Waals surface area contributed by atoms with Crippen molar-refractivity contribution in [2.24, 2.45) is 7.05 Å². The van der Waals surface area contributed by atoms with E-state index in [1.54, 1.807) is 30.1 Å². The van der Waals surface area contributed by atoms with Gasteiger partial charge in [-0.05, 0) is 31.4 Å². The zero-order chi connectivity index (χ0) is 17.4. The highest BCUT2D eigenvalue weighted by Gasteiger charge is 2.24. The molecule has 3 heterocycles. The first-order valence-electron chi connectivity index (χ1n) is 6.84. The third-order valence-electron chi connectivity index (χ3n) is 3.37. The summed E-state index contributed by atoms with van der Waals surface area (Å²) in [6.45, 7) is 3.51. The summed E-state index contributed by atoms with van der Waals surface area (Å²) >= 11 is 2.13. The van der Waals surface area contributed by atoms with E-state index in [1.165, 1.54) is 0 Å². The van der Waals surface area contributed by atoms with Gasteiger partial charge in [0.25, 0.3) is 5.91 Å². The molecule has 0 aromatic carbocycles. The van der Waals surface area contributed by atoms with Gasteiger partial charge in [0.15, 0.2) is 0 Å². The van der Waals surface area contributed by atoms with Crippen molar-refractivity contribution < 1.29 is 14.7 Å². The number of amides is 1. The number of carbonyl (C=O) groups excluding carboxylic acids is 1. The van der Waals surface area contributed by atoms with E-state index >= 15 is 0 Å². The van der Waals surface area contributed by atoms with Crippen LogP contribution < -0.4 is 5.32 Å². The van der Waals surface area contributed by atoms with Crippen LogP contribution in [0.4, 0.5) is 5.00 Å². The molecule has 0 atom stereocenters. The molecule has 0 bridgehead atoms. The van der Waals surface area contributed by atoms with Crippen LogP contribution in [0, 0.1) is 13.8 Å². The lowest BCUT2D eigenvalue weighted by Crippen LogP contribution is -2.13. The van der Waals surface area contributed by atoms with Gasteiger partial charge in [0.2, 0.25) is 0 Å². The molecule has 8 nitrogen and oxygen atoms in total. The number of nitrogens with one attached hydrogen (secondary N) is 1. The Morgan fingerprint density at radius 2 is 2.08 bits per heavy atom. The Morgan fingerprint density at radius 3 is 2.62 bits per heavy atom. The highest BCUT2D eigenvalue weighted by atomic mass is 32.1. The van der Waals surface area contributed by atoms with E-state index in [0.29, 0.717) is 21.8 Å². The number of carboxylic acids is 1. The fourth-order valence-corrected chi connectivity index (χ4v) is 3.81. The van der Waals surface area contributed by atoms with E-state index in [2.05, 4.69) is 20.0 Å². The van der Waals surface area contributed by atoms with Gasteiger partial charge >= 0.3 is 5.97 Å².